The van der Waals surface area contributed by atoms with Gasteiger partial charge in [-0.25, -0.2) is 8.42 Å². The van der Waals surface area contributed by atoms with E-state index in [1.165, 1.54) is 6.07 Å². The van der Waals surface area contributed by atoms with Crippen molar-refractivity contribution in [1.29, 1.82) is 0 Å². The van der Waals surface area contributed by atoms with E-state index < -0.39 is 21.9 Å². The molecule has 1 saturated heterocycles. The van der Waals surface area contributed by atoms with Gasteiger partial charge in [-0.05, 0) is 55.2 Å². The maximum absolute atomic E-state index is 13.5. The summed E-state index contributed by atoms with van der Waals surface area (Å²) in [4.78, 5) is 15.1. The molecule has 3 N–H and O–H groups in total. The van der Waals surface area contributed by atoms with Crippen molar-refractivity contribution in [3.63, 3.8) is 0 Å². The number of rotatable bonds is 3. The lowest BCUT2D eigenvalue weighted by Crippen LogP contribution is -2.40. The van der Waals surface area contributed by atoms with Crippen molar-refractivity contribution < 1.29 is 23.4 Å². The fourth-order valence-corrected chi connectivity index (χ4v) is 6.62. The van der Waals surface area contributed by atoms with Gasteiger partial charge in [-0.15, -0.1) is 0 Å². The van der Waals surface area contributed by atoms with Gasteiger partial charge in [0, 0.05) is 17.2 Å². The molecule has 1 aromatic heterocycles. The minimum Gasteiger partial charge on any atom is -0.508 e. The van der Waals surface area contributed by atoms with Crippen LogP contribution < -0.4 is 0 Å². The van der Waals surface area contributed by atoms with E-state index in [9.17, 15) is 23.4 Å². The first-order valence-electron chi connectivity index (χ1n) is 10.4. The highest BCUT2D eigenvalue weighted by molar-refractivity contribution is 7.91. The number of hydrogen-bond acceptors (Lipinski definition) is 6. The van der Waals surface area contributed by atoms with Crippen molar-refractivity contribution in [1.82, 2.24) is 15.1 Å². The van der Waals surface area contributed by atoms with Gasteiger partial charge in [0.2, 0.25) is 0 Å². The van der Waals surface area contributed by atoms with E-state index in [1.54, 1.807) is 30.0 Å². The number of aromatic hydroxyl groups is 2. The van der Waals surface area contributed by atoms with Gasteiger partial charge in [0.25, 0.3) is 5.91 Å². The number of benzene rings is 2. The van der Waals surface area contributed by atoms with Crippen LogP contribution in [0.3, 0.4) is 0 Å². The largest absolute Gasteiger partial charge is 0.508 e. The number of phenols is 2. The van der Waals surface area contributed by atoms with Gasteiger partial charge < -0.3 is 15.1 Å². The maximum Gasteiger partial charge on any atom is 0.273 e. The molecular weight excluding hydrogens is 430 g/mol. The van der Waals surface area contributed by atoms with E-state index in [-0.39, 0.29) is 34.6 Å². The number of aryl methyl sites for hydroxylation is 2. The zero-order valence-electron chi connectivity index (χ0n) is 17.7. The number of hydrogen-bond donors (Lipinski definition) is 3. The quantitative estimate of drug-likeness (QED) is 0.560. The zero-order valence-corrected chi connectivity index (χ0v) is 18.5. The van der Waals surface area contributed by atoms with Crippen LogP contribution in [0.2, 0.25) is 0 Å². The molecule has 9 heteroatoms. The van der Waals surface area contributed by atoms with Crippen molar-refractivity contribution in [3.05, 3.63) is 64.3 Å². The van der Waals surface area contributed by atoms with Crippen LogP contribution in [0.1, 0.15) is 45.2 Å². The monoisotopic (exact) mass is 453 g/mol. The van der Waals surface area contributed by atoms with Crippen LogP contribution in [0, 0.1) is 13.8 Å². The average Bonchev–Trinajstić information content (AvgIpc) is 3.38. The van der Waals surface area contributed by atoms with E-state index >= 15 is 0 Å². The fourth-order valence-electron chi connectivity index (χ4n) is 4.90. The Balaban J connectivity index is 1.73. The first kappa shape index (κ1) is 20.6. The maximum atomic E-state index is 13.5. The number of carbonyl (C=O) groups excluding carboxylic acids is 1. The highest BCUT2D eigenvalue weighted by Crippen LogP contribution is 2.47. The van der Waals surface area contributed by atoms with Crippen LogP contribution in [0.5, 0.6) is 11.5 Å². The number of phenolic OH excluding ortho intramolecular Hbond substituents is 2. The second-order valence-electron chi connectivity index (χ2n) is 8.61. The molecule has 2 aromatic carbocycles. The first-order valence-corrected chi connectivity index (χ1v) is 12.2. The van der Waals surface area contributed by atoms with E-state index in [2.05, 4.69) is 10.2 Å². The fraction of sp³-hybridized carbons (Fsp3) is 0.304. The predicted octanol–water partition coefficient (Wildman–Crippen LogP) is 2.84. The van der Waals surface area contributed by atoms with E-state index in [0.717, 1.165) is 5.56 Å². The Morgan fingerprint density at radius 2 is 1.94 bits per heavy atom. The molecule has 1 fully saturated rings. The van der Waals surface area contributed by atoms with Crippen LogP contribution in [0.4, 0.5) is 0 Å². The van der Waals surface area contributed by atoms with Crippen molar-refractivity contribution in [2.24, 2.45) is 0 Å². The highest BCUT2D eigenvalue weighted by Gasteiger charge is 2.48. The molecule has 2 aliphatic rings. The molecule has 2 unspecified atom stereocenters. The summed E-state index contributed by atoms with van der Waals surface area (Å²) in [5, 5.41) is 28.1. The summed E-state index contributed by atoms with van der Waals surface area (Å²) in [6, 6.07) is 9.13. The SMILES string of the molecule is Cc1cc(C)c(O)c(-c2n[nH]c3c2C(c2cccc(O)c2)N(C2CCS(=O)(=O)C2)C3=O)c1. The van der Waals surface area contributed by atoms with Crippen molar-refractivity contribution >= 4 is 15.7 Å². The van der Waals surface area contributed by atoms with Crippen LogP contribution in [-0.4, -0.2) is 57.2 Å². The number of sulfone groups is 1. The number of fused-ring (bicyclic) bond motifs is 1. The summed E-state index contributed by atoms with van der Waals surface area (Å²) in [6.45, 7) is 3.71. The molecule has 0 bridgehead atoms. The second-order valence-corrected chi connectivity index (χ2v) is 10.8. The number of aromatic amines is 1. The molecule has 0 spiro atoms. The van der Waals surface area contributed by atoms with Gasteiger partial charge in [-0.3, -0.25) is 9.89 Å². The van der Waals surface area contributed by atoms with Crippen LogP contribution in [0.25, 0.3) is 11.3 Å². The van der Waals surface area contributed by atoms with E-state index in [1.807, 2.05) is 19.1 Å². The number of aromatic nitrogens is 2. The molecule has 2 atom stereocenters. The first-order chi connectivity index (χ1) is 15.2. The third-order valence-electron chi connectivity index (χ3n) is 6.29. The normalized spacial score (nSPS) is 21.8. The van der Waals surface area contributed by atoms with Crippen LogP contribution in [0.15, 0.2) is 36.4 Å². The Kier molecular flexibility index (Phi) is 4.56. The van der Waals surface area contributed by atoms with E-state index in [0.29, 0.717) is 34.4 Å². The van der Waals surface area contributed by atoms with Gasteiger partial charge in [0.1, 0.15) is 22.9 Å². The smallest absolute Gasteiger partial charge is 0.273 e. The molecule has 5 rings (SSSR count). The molecule has 2 aliphatic heterocycles. The molecule has 0 saturated carbocycles. The topological polar surface area (TPSA) is 124 Å². The zero-order chi connectivity index (χ0) is 22.8. The summed E-state index contributed by atoms with van der Waals surface area (Å²) >= 11 is 0. The number of H-pyrrole nitrogens is 1. The molecular formula is C23H23N3O5S. The standard InChI is InChI=1S/C23H23N3O5S/c1-12-8-13(2)22(28)17(9-12)19-18-20(25-24-19)23(29)26(15-6-7-32(30,31)11-15)21(18)14-4-3-5-16(27)10-14/h3-5,8-10,15,21,27-28H,6-7,11H2,1-2H3,(H,24,25). The Labute approximate surface area is 185 Å². The Morgan fingerprint density at radius 3 is 2.62 bits per heavy atom. The van der Waals surface area contributed by atoms with Gasteiger partial charge >= 0.3 is 0 Å². The summed E-state index contributed by atoms with van der Waals surface area (Å²) in [6.07, 6.45) is 0.352. The molecule has 1 amide bonds. The lowest BCUT2D eigenvalue weighted by atomic mass is 9.93. The summed E-state index contributed by atoms with van der Waals surface area (Å²) in [5.41, 5.74) is 4.06. The molecule has 0 aliphatic carbocycles. The average molecular weight is 454 g/mol. The summed E-state index contributed by atoms with van der Waals surface area (Å²) < 4.78 is 24.4. The Bertz CT molecular complexity index is 1360. The molecule has 166 valence electrons. The van der Waals surface area contributed by atoms with Crippen LogP contribution in [-0.2, 0) is 9.84 Å². The third kappa shape index (κ3) is 3.15. The second kappa shape index (κ2) is 7.09. The number of nitrogens with one attached hydrogen (secondary N) is 1. The van der Waals surface area contributed by atoms with Gasteiger partial charge in [0.05, 0.1) is 17.5 Å². The minimum absolute atomic E-state index is 0.0328. The number of nitrogens with zero attached hydrogens (tertiary/aromatic N) is 2. The van der Waals surface area contributed by atoms with Crippen molar-refractivity contribution in [2.75, 3.05) is 11.5 Å². The highest BCUT2D eigenvalue weighted by atomic mass is 32.2. The molecule has 0 radical (unpaired) electrons. The summed E-state index contributed by atoms with van der Waals surface area (Å²) in [7, 11) is -3.23. The van der Waals surface area contributed by atoms with Gasteiger partial charge in [-0.1, -0.05) is 18.2 Å². The van der Waals surface area contributed by atoms with Crippen molar-refractivity contribution in [3.8, 4) is 22.8 Å². The summed E-state index contributed by atoms with van der Waals surface area (Å²) in [5.74, 6) is -0.283. The molecule has 3 heterocycles. The molecule has 8 nitrogen and oxygen atoms in total. The van der Waals surface area contributed by atoms with Crippen LogP contribution >= 0.6 is 0 Å². The van der Waals surface area contributed by atoms with Crippen molar-refractivity contribution in [2.45, 2.75) is 32.4 Å². The molecule has 3 aromatic rings. The number of amides is 1. The Morgan fingerprint density at radius 1 is 1.16 bits per heavy atom. The predicted molar refractivity (Wildman–Crippen MR) is 118 cm³/mol. The lowest BCUT2D eigenvalue weighted by molar-refractivity contribution is 0.0677. The Hall–Kier alpha value is -3.33. The van der Waals surface area contributed by atoms with E-state index in [4.69, 9.17) is 0 Å². The third-order valence-corrected chi connectivity index (χ3v) is 8.04. The van der Waals surface area contributed by atoms with Gasteiger partial charge in [0.15, 0.2) is 9.84 Å². The lowest BCUT2D eigenvalue weighted by Gasteiger charge is -2.31. The number of carbonyl (C=O) groups is 1. The van der Waals surface area contributed by atoms with Gasteiger partial charge in [-0.2, -0.15) is 5.10 Å². The minimum atomic E-state index is -3.23. The molecule has 32 heavy (non-hydrogen) atoms.